The van der Waals surface area contributed by atoms with Crippen molar-refractivity contribution in [1.29, 1.82) is 0 Å². The third-order valence-corrected chi connectivity index (χ3v) is 5.54. The van der Waals surface area contributed by atoms with Gasteiger partial charge in [0.05, 0.1) is 27.1 Å². The zero-order valence-electron chi connectivity index (χ0n) is 18.5. The van der Waals surface area contributed by atoms with Gasteiger partial charge < -0.3 is 18.6 Å². The van der Waals surface area contributed by atoms with Gasteiger partial charge in [-0.1, -0.05) is 56.8 Å². The number of hydrogen-bond donors (Lipinski definition) is 0. The minimum absolute atomic E-state index is 0.00186. The molecule has 0 fully saturated rings. The van der Waals surface area contributed by atoms with Crippen LogP contribution in [0.5, 0.6) is 17.2 Å². The summed E-state index contributed by atoms with van der Waals surface area (Å²) < 4.78 is 21.8. The predicted molar refractivity (Wildman–Crippen MR) is 120 cm³/mol. The summed E-state index contributed by atoms with van der Waals surface area (Å²) in [5, 5.41) is 8.43. The fraction of sp³-hybridized carbons (Fsp3) is 0.348. The Bertz CT molecular complexity index is 1030. The number of thioether (sulfide) groups is 1. The van der Waals surface area contributed by atoms with Gasteiger partial charge in [-0.2, -0.15) is 0 Å². The van der Waals surface area contributed by atoms with Crippen LogP contribution in [-0.2, 0) is 5.41 Å². The highest BCUT2D eigenvalue weighted by Gasteiger charge is 2.19. The van der Waals surface area contributed by atoms with Crippen LogP contribution < -0.4 is 14.2 Å². The Morgan fingerprint density at radius 3 is 2.10 bits per heavy atom. The number of carbonyl (C=O) groups excluding carboxylic acids is 1. The van der Waals surface area contributed by atoms with Crippen LogP contribution in [0.1, 0.15) is 36.7 Å². The zero-order valence-corrected chi connectivity index (χ0v) is 19.3. The van der Waals surface area contributed by atoms with Gasteiger partial charge in [-0.25, -0.2) is 0 Å². The summed E-state index contributed by atoms with van der Waals surface area (Å²) in [6, 6.07) is 11.2. The molecule has 31 heavy (non-hydrogen) atoms. The van der Waals surface area contributed by atoms with E-state index in [0.717, 1.165) is 0 Å². The normalized spacial score (nSPS) is 11.3. The first kappa shape index (κ1) is 22.7. The van der Waals surface area contributed by atoms with Gasteiger partial charge >= 0.3 is 0 Å². The van der Waals surface area contributed by atoms with Crippen molar-refractivity contribution < 1.29 is 23.4 Å². The number of nitrogens with zero attached hydrogens (tertiary/aromatic N) is 2. The molecule has 0 saturated heterocycles. The number of benzene rings is 2. The van der Waals surface area contributed by atoms with E-state index in [1.807, 2.05) is 24.3 Å². The van der Waals surface area contributed by atoms with E-state index in [9.17, 15) is 4.79 Å². The van der Waals surface area contributed by atoms with Crippen LogP contribution in [0.2, 0.25) is 0 Å². The Morgan fingerprint density at radius 1 is 0.968 bits per heavy atom. The maximum atomic E-state index is 12.5. The first-order valence-corrected chi connectivity index (χ1v) is 10.7. The number of Topliss-reactive ketones (excluding diaryl/α,β-unsaturated/α-hetero) is 1. The monoisotopic (exact) mass is 442 g/mol. The van der Waals surface area contributed by atoms with Crippen LogP contribution in [0.15, 0.2) is 46.0 Å². The first-order chi connectivity index (χ1) is 14.8. The van der Waals surface area contributed by atoms with Gasteiger partial charge in [-0.15, -0.1) is 10.2 Å². The average molecular weight is 443 g/mol. The van der Waals surface area contributed by atoms with Crippen molar-refractivity contribution in [2.45, 2.75) is 31.4 Å². The number of ketones is 1. The minimum atomic E-state index is -0.00186. The van der Waals surface area contributed by atoms with Crippen LogP contribution in [0.3, 0.4) is 0 Å². The van der Waals surface area contributed by atoms with Gasteiger partial charge in [0.25, 0.3) is 5.22 Å². The second kappa shape index (κ2) is 9.43. The molecular formula is C23H26N2O5S. The highest BCUT2D eigenvalue weighted by atomic mass is 32.2. The lowest BCUT2D eigenvalue weighted by Crippen LogP contribution is -2.11. The van der Waals surface area contributed by atoms with E-state index in [-0.39, 0.29) is 17.0 Å². The van der Waals surface area contributed by atoms with Crippen molar-refractivity contribution in [1.82, 2.24) is 10.2 Å². The van der Waals surface area contributed by atoms with E-state index in [1.54, 1.807) is 12.1 Å². The maximum absolute atomic E-state index is 12.5. The molecule has 164 valence electrons. The molecule has 3 aromatic rings. The van der Waals surface area contributed by atoms with Crippen molar-refractivity contribution in [3.63, 3.8) is 0 Å². The number of methoxy groups -OCH3 is 3. The van der Waals surface area contributed by atoms with Gasteiger partial charge in [0.15, 0.2) is 17.3 Å². The molecule has 0 unspecified atom stereocenters. The van der Waals surface area contributed by atoms with Gasteiger partial charge in [0, 0.05) is 11.1 Å². The molecule has 0 radical (unpaired) electrons. The topological polar surface area (TPSA) is 83.7 Å². The highest BCUT2D eigenvalue weighted by Crippen LogP contribution is 2.41. The molecule has 0 aliphatic heterocycles. The van der Waals surface area contributed by atoms with Crippen LogP contribution in [0.25, 0.3) is 11.5 Å². The quantitative estimate of drug-likeness (QED) is 0.355. The highest BCUT2D eigenvalue weighted by molar-refractivity contribution is 7.99. The molecule has 0 aliphatic rings. The fourth-order valence-corrected chi connectivity index (χ4v) is 3.61. The molecule has 8 heteroatoms. The standard InChI is InChI=1S/C23H26N2O5S/c1-23(2,3)16-9-7-14(8-10-16)17(26)13-31-22-25-24-21(30-22)15-11-18(27-4)20(29-6)19(12-15)28-5/h7-12H,13H2,1-6H3. The Labute approximate surface area is 186 Å². The van der Waals surface area contributed by atoms with Gasteiger partial charge in [0.2, 0.25) is 11.6 Å². The molecule has 1 heterocycles. The van der Waals surface area contributed by atoms with Crippen LogP contribution in [0.4, 0.5) is 0 Å². The molecule has 0 aliphatic carbocycles. The molecular weight excluding hydrogens is 416 g/mol. The summed E-state index contributed by atoms with van der Waals surface area (Å²) in [5.74, 6) is 1.94. The third-order valence-electron chi connectivity index (χ3n) is 4.72. The molecule has 2 aromatic carbocycles. The fourth-order valence-electron chi connectivity index (χ4n) is 2.96. The van der Waals surface area contributed by atoms with E-state index in [2.05, 4.69) is 31.0 Å². The summed E-state index contributed by atoms with van der Waals surface area (Å²) in [6.07, 6.45) is 0. The molecule has 0 spiro atoms. The smallest absolute Gasteiger partial charge is 0.277 e. The molecule has 0 saturated carbocycles. The van der Waals surface area contributed by atoms with E-state index >= 15 is 0 Å². The Hall–Kier alpha value is -3.00. The van der Waals surface area contributed by atoms with Crippen molar-refractivity contribution in [2.24, 2.45) is 0 Å². The van der Waals surface area contributed by atoms with E-state index < -0.39 is 0 Å². The number of carbonyl (C=O) groups is 1. The third kappa shape index (κ3) is 5.19. The number of aromatic nitrogens is 2. The SMILES string of the molecule is COc1cc(-c2nnc(SCC(=O)c3ccc(C(C)(C)C)cc3)o2)cc(OC)c1OC. The Balaban J connectivity index is 1.71. The van der Waals surface area contributed by atoms with Crippen molar-refractivity contribution in [3.05, 3.63) is 47.5 Å². The van der Waals surface area contributed by atoms with Crippen LogP contribution >= 0.6 is 11.8 Å². The summed E-state index contributed by atoms with van der Waals surface area (Å²) in [7, 11) is 4.61. The van der Waals surface area contributed by atoms with Crippen molar-refractivity contribution in [3.8, 4) is 28.7 Å². The first-order valence-electron chi connectivity index (χ1n) is 9.67. The molecule has 0 amide bonds. The predicted octanol–water partition coefficient (Wildman–Crippen LogP) is 5.03. The van der Waals surface area contributed by atoms with Gasteiger partial charge in [0.1, 0.15) is 0 Å². The van der Waals surface area contributed by atoms with E-state index in [1.165, 1.54) is 38.7 Å². The largest absolute Gasteiger partial charge is 0.493 e. The Morgan fingerprint density at radius 2 is 1.58 bits per heavy atom. The second-order valence-electron chi connectivity index (χ2n) is 7.83. The summed E-state index contributed by atoms with van der Waals surface area (Å²) in [6.45, 7) is 6.42. The van der Waals surface area contributed by atoms with E-state index in [4.69, 9.17) is 18.6 Å². The summed E-state index contributed by atoms with van der Waals surface area (Å²) in [4.78, 5) is 12.5. The van der Waals surface area contributed by atoms with Crippen molar-refractivity contribution in [2.75, 3.05) is 27.1 Å². The van der Waals surface area contributed by atoms with Gasteiger partial charge in [-0.05, 0) is 23.1 Å². The molecule has 0 atom stereocenters. The van der Waals surface area contributed by atoms with Gasteiger partial charge in [-0.3, -0.25) is 4.79 Å². The summed E-state index contributed by atoms with van der Waals surface area (Å²) >= 11 is 1.20. The van der Waals surface area contributed by atoms with E-state index in [0.29, 0.717) is 39.5 Å². The minimum Gasteiger partial charge on any atom is -0.493 e. The Kier molecular flexibility index (Phi) is 6.90. The lowest BCUT2D eigenvalue weighted by atomic mass is 9.86. The van der Waals surface area contributed by atoms with Crippen LogP contribution in [-0.4, -0.2) is 43.1 Å². The van der Waals surface area contributed by atoms with Crippen molar-refractivity contribution >= 4 is 17.5 Å². The summed E-state index contributed by atoms with van der Waals surface area (Å²) in [5.41, 5.74) is 2.51. The number of hydrogen-bond acceptors (Lipinski definition) is 8. The average Bonchev–Trinajstić information content (AvgIpc) is 3.25. The number of rotatable bonds is 8. The molecule has 7 nitrogen and oxygen atoms in total. The number of ether oxygens (including phenoxy) is 3. The maximum Gasteiger partial charge on any atom is 0.277 e. The van der Waals surface area contributed by atoms with Crippen LogP contribution in [0, 0.1) is 0 Å². The zero-order chi connectivity index (χ0) is 22.6. The molecule has 0 bridgehead atoms. The molecule has 3 rings (SSSR count). The lowest BCUT2D eigenvalue weighted by molar-refractivity contribution is 0.102. The second-order valence-corrected chi connectivity index (χ2v) is 8.75. The molecule has 1 aromatic heterocycles. The molecule has 0 N–H and O–H groups in total. The lowest BCUT2D eigenvalue weighted by Gasteiger charge is -2.18.